The zero-order valence-electron chi connectivity index (χ0n) is 13.3. The molecule has 0 aliphatic heterocycles. The lowest BCUT2D eigenvalue weighted by atomic mass is 10.3. The number of nitrogens with zero attached hydrogens (tertiary/aromatic N) is 5. The molecule has 0 fully saturated rings. The van der Waals surface area contributed by atoms with E-state index in [9.17, 15) is 4.79 Å². The van der Waals surface area contributed by atoms with Crippen LogP contribution >= 0.6 is 11.6 Å². The fourth-order valence-electron chi connectivity index (χ4n) is 2.19. The van der Waals surface area contributed by atoms with E-state index in [-0.39, 0.29) is 5.82 Å². The van der Waals surface area contributed by atoms with Crippen LogP contribution in [-0.2, 0) is 7.05 Å². The van der Waals surface area contributed by atoms with E-state index in [1.54, 1.807) is 31.3 Å². The van der Waals surface area contributed by atoms with E-state index < -0.39 is 5.69 Å². The first-order valence-corrected chi connectivity index (χ1v) is 7.64. The Labute approximate surface area is 139 Å². The molecule has 0 unspecified atom stereocenters. The average molecular weight is 335 g/mol. The maximum Gasteiger partial charge on any atom is 0.350 e. The fourth-order valence-corrected chi connectivity index (χ4v) is 2.32. The minimum Gasteiger partial charge on any atom is -0.382 e. The van der Waals surface area contributed by atoms with Crippen molar-refractivity contribution in [2.24, 2.45) is 17.3 Å². The zero-order chi connectivity index (χ0) is 17.0. The van der Waals surface area contributed by atoms with Gasteiger partial charge in [-0.3, -0.25) is 4.57 Å². The summed E-state index contributed by atoms with van der Waals surface area (Å²) < 4.78 is 1.43. The largest absolute Gasteiger partial charge is 0.382 e. The fraction of sp³-hybridized carbons (Fsp3) is 0.333. The van der Waals surface area contributed by atoms with Crippen LogP contribution in [0, 0.1) is 0 Å². The number of azo groups is 1. The summed E-state index contributed by atoms with van der Waals surface area (Å²) in [6.45, 7) is 5.39. The third kappa shape index (κ3) is 3.68. The molecule has 1 aromatic heterocycles. The zero-order valence-corrected chi connectivity index (χ0v) is 14.1. The minimum atomic E-state index is -0.421. The van der Waals surface area contributed by atoms with E-state index in [4.69, 9.17) is 17.3 Å². The molecule has 7 nitrogen and oxygen atoms in total. The SMILES string of the molecule is CCN(CC)c1c(N=Nc2ccc(Cl)cc2)c(N)nc(=O)n1C. The first kappa shape index (κ1) is 17.0. The normalized spacial score (nSPS) is 11.1. The molecule has 0 spiro atoms. The highest BCUT2D eigenvalue weighted by molar-refractivity contribution is 6.30. The van der Waals surface area contributed by atoms with Crippen molar-refractivity contribution in [3.8, 4) is 0 Å². The molecule has 1 aromatic carbocycles. The molecular formula is C15H19ClN6O. The van der Waals surface area contributed by atoms with E-state index in [1.807, 2.05) is 18.7 Å². The Kier molecular flexibility index (Phi) is 5.33. The van der Waals surface area contributed by atoms with Crippen molar-refractivity contribution < 1.29 is 0 Å². The molecule has 0 aliphatic rings. The van der Waals surface area contributed by atoms with Gasteiger partial charge in [-0.2, -0.15) is 10.1 Å². The summed E-state index contributed by atoms with van der Waals surface area (Å²) in [6.07, 6.45) is 0. The van der Waals surface area contributed by atoms with Crippen LogP contribution in [0.1, 0.15) is 13.8 Å². The topological polar surface area (TPSA) is 88.9 Å². The molecule has 0 bridgehead atoms. The number of halogens is 1. The van der Waals surface area contributed by atoms with Gasteiger partial charge in [0, 0.05) is 25.2 Å². The summed E-state index contributed by atoms with van der Waals surface area (Å²) in [6, 6.07) is 6.94. The van der Waals surface area contributed by atoms with Gasteiger partial charge in [-0.25, -0.2) is 4.79 Å². The molecule has 8 heteroatoms. The van der Waals surface area contributed by atoms with Crippen molar-refractivity contribution in [3.05, 3.63) is 39.8 Å². The maximum absolute atomic E-state index is 11.9. The number of nitrogen functional groups attached to an aromatic ring is 1. The molecule has 122 valence electrons. The van der Waals surface area contributed by atoms with Crippen molar-refractivity contribution in [2.75, 3.05) is 23.7 Å². The third-order valence-electron chi connectivity index (χ3n) is 3.43. The number of hydrogen-bond acceptors (Lipinski definition) is 6. The van der Waals surface area contributed by atoms with Crippen LogP contribution in [-0.4, -0.2) is 22.6 Å². The highest BCUT2D eigenvalue weighted by Gasteiger charge is 2.17. The summed E-state index contributed by atoms with van der Waals surface area (Å²) in [5, 5.41) is 9.00. The van der Waals surface area contributed by atoms with Gasteiger partial charge in [-0.15, -0.1) is 5.11 Å². The molecule has 0 saturated carbocycles. The van der Waals surface area contributed by atoms with Crippen molar-refractivity contribution in [3.63, 3.8) is 0 Å². The third-order valence-corrected chi connectivity index (χ3v) is 3.68. The lowest BCUT2D eigenvalue weighted by molar-refractivity contribution is 0.744. The molecule has 2 aromatic rings. The quantitative estimate of drug-likeness (QED) is 0.850. The highest BCUT2D eigenvalue weighted by atomic mass is 35.5. The maximum atomic E-state index is 11.9. The Hall–Kier alpha value is -2.41. The molecule has 0 radical (unpaired) electrons. The lowest BCUT2D eigenvalue weighted by Crippen LogP contribution is -2.32. The molecule has 1 heterocycles. The van der Waals surface area contributed by atoms with Crippen LogP contribution in [0.2, 0.25) is 5.02 Å². The van der Waals surface area contributed by atoms with Gasteiger partial charge in [-0.1, -0.05) is 11.6 Å². The molecule has 2 rings (SSSR count). The van der Waals surface area contributed by atoms with Gasteiger partial charge >= 0.3 is 5.69 Å². The minimum absolute atomic E-state index is 0.0627. The Morgan fingerprint density at radius 3 is 2.39 bits per heavy atom. The van der Waals surface area contributed by atoms with Crippen molar-refractivity contribution in [2.45, 2.75) is 13.8 Å². The van der Waals surface area contributed by atoms with E-state index in [0.29, 0.717) is 35.3 Å². The average Bonchev–Trinajstić information content (AvgIpc) is 2.54. The van der Waals surface area contributed by atoms with Gasteiger partial charge in [0.05, 0.1) is 5.69 Å². The van der Waals surface area contributed by atoms with Crippen LogP contribution in [0.25, 0.3) is 0 Å². The molecule has 2 N–H and O–H groups in total. The van der Waals surface area contributed by atoms with Crippen LogP contribution < -0.4 is 16.3 Å². The number of benzene rings is 1. The molecule has 0 aliphatic carbocycles. The molecule has 0 amide bonds. The Morgan fingerprint density at radius 1 is 1.22 bits per heavy atom. The van der Waals surface area contributed by atoms with Crippen LogP contribution in [0.3, 0.4) is 0 Å². The van der Waals surface area contributed by atoms with Crippen LogP contribution in [0.15, 0.2) is 39.3 Å². The highest BCUT2D eigenvalue weighted by Crippen LogP contribution is 2.32. The van der Waals surface area contributed by atoms with Gasteiger partial charge in [0.25, 0.3) is 0 Å². The Balaban J connectivity index is 2.54. The first-order chi connectivity index (χ1) is 11.0. The van der Waals surface area contributed by atoms with Gasteiger partial charge in [-0.05, 0) is 38.1 Å². The summed E-state index contributed by atoms with van der Waals surface area (Å²) >= 11 is 5.85. The van der Waals surface area contributed by atoms with Crippen LogP contribution in [0.5, 0.6) is 0 Å². The Morgan fingerprint density at radius 2 is 1.83 bits per heavy atom. The smallest absolute Gasteiger partial charge is 0.350 e. The van der Waals surface area contributed by atoms with E-state index in [1.165, 1.54) is 4.57 Å². The van der Waals surface area contributed by atoms with Gasteiger partial charge in [0.15, 0.2) is 11.5 Å². The van der Waals surface area contributed by atoms with Crippen molar-refractivity contribution in [1.29, 1.82) is 0 Å². The van der Waals surface area contributed by atoms with Crippen molar-refractivity contribution >= 4 is 34.6 Å². The molecule has 0 atom stereocenters. The molecular weight excluding hydrogens is 316 g/mol. The summed E-state index contributed by atoms with van der Waals surface area (Å²) in [7, 11) is 1.64. The number of aromatic nitrogens is 2. The second kappa shape index (κ2) is 7.23. The number of hydrogen-bond donors (Lipinski definition) is 1. The predicted octanol–water partition coefficient (Wildman–Crippen LogP) is 3.28. The second-order valence-electron chi connectivity index (χ2n) is 4.86. The van der Waals surface area contributed by atoms with E-state index in [0.717, 1.165) is 0 Å². The summed E-state index contributed by atoms with van der Waals surface area (Å²) in [5.74, 6) is 0.665. The van der Waals surface area contributed by atoms with Crippen molar-refractivity contribution in [1.82, 2.24) is 9.55 Å². The molecule has 0 saturated heterocycles. The molecule has 23 heavy (non-hydrogen) atoms. The van der Waals surface area contributed by atoms with E-state index in [2.05, 4.69) is 15.2 Å². The monoisotopic (exact) mass is 334 g/mol. The van der Waals surface area contributed by atoms with Gasteiger partial charge < -0.3 is 10.6 Å². The van der Waals surface area contributed by atoms with Gasteiger partial charge in [0.1, 0.15) is 5.82 Å². The summed E-state index contributed by atoms with van der Waals surface area (Å²) in [5.41, 5.74) is 6.49. The Bertz CT molecular complexity index is 765. The number of nitrogens with two attached hydrogens (primary N) is 1. The van der Waals surface area contributed by atoms with E-state index >= 15 is 0 Å². The number of rotatable bonds is 5. The standard InChI is InChI=1S/C15H19ClN6O/c1-4-22(5-2)14-12(13(17)18-15(23)21(14)3)20-19-11-8-6-10(16)7-9-11/h6-9H,4-5H2,1-3H3,(H2,17,18,23). The first-order valence-electron chi connectivity index (χ1n) is 7.26. The lowest BCUT2D eigenvalue weighted by Gasteiger charge is -2.24. The number of anilines is 2. The summed E-state index contributed by atoms with van der Waals surface area (Å²) in [4.78, 5) is 17.7. The predicted molar refractivity (Wildman–Crippen MR) is 93.1 cm³/mol. The van der Waals surface area contributed by atoms with Gasteiger partial charge in [0.2, 0.25) is 0 Å². The van der Waals surface area contributed by atoms with Crippen LogP contribution in [0.4, 0.5) is 23.0 Å². The second-order valence-corrected chi connectivity index (χ2v) is 5.30.